The minimum atomic E-state index is -0.297. The van der Waals surface area contributed by atoms with Gasteiger partial charge in [-0.1, -0.05) is 18.2 Å². The standard InChI is InChI=1S/C7H13NO2.C6H5F/c1-4-10-7(9)5-6(2)8-3;7-6-4-2-1-3-5-6/h5,8H,4H2,1-3H3;1-5H/b6-5+;. The van der Waals surface area contributed by atoms with Gasteiger partial charge in [-0.2, -0.15) is 0 Å². The van der Waals surface area contributed by atoms with Gasteiger partial charge in [0, 0.05) is 18.8 Å². The van der Waals surface area contributed by atoms with Gasteiger partial charge in [0.05, 0.1) is 6.61 Å². The zero-order valence-electron chi connectivity index (χ0n) is 10.4. The van der Waals surface area contributed by atoms with Gasteiger partial charge in [-0.25, -0.2) is 9.18 Å². The Balaban J connectivity index is 0.000000318. The van der Waals surface area contributed by atoms with Gasteiger partial charge in [0.15, 0.2) is 0 Å². The molecule has 0 atom stereocenters. The highest BCUT2D eigenvalue weighted by Crippen LogP contribution is 1.91. The maximum Gasteiger partial charge on any atom is 0.332 e. The molecular weight excluding hydrogens is 221 g/mol. The normalized spacial score (nSPS) is 10.0. The van der Waals surface area contributed by atoms with Gasteiger partial charge < -0.3 is 10.1 Å². The number of esters is 1. The van der Waals surface area contributed by atoms with Gasteiger partial charge in [0.1, 0.15) is 5.82 Å². The molecular formula is C13H18FNO2. The summed E-state index contributed by atoms with van der Waals surface area (Å²) < 4.78 is 16.6. The van der Waals surface area contributed by atoms with Crippen LogP contribution in [0.2, 0.25) is 0 Å². The Labute approximate surface area is 101 Å². The first-order valence-corrected chi connectivity index (χ1v) is 5.33. The monoisotopic (exact) mass is 239 g/mol. The van der Waals surface area contributed by atoms with Crippen molar-refractivity contribution in [3.63, 3.8) is 0 Å². The summed E-state index contributed by atoms with van der Waals surface area (Å²) in [5.74, 6) is -0.475. The maximum atomic E-state index is 11.9. The van der Waals surface area contributed by atoms with E-state index >= 15 is 0 Å². The van der Waals surface area contributed by atoms with Gasteiger partial charge >= 0.3 is 5.97 Å². The molecule has 0 aliphatic rings. The Kier molecular flexibility index (Phi) is 8.37. The average Bonchev–Trinajstić information content (AvgIpc) is 2.31. The molecule has 17 heavy (non-hydrogen) atoms. The van der Waals surface area contributed by atoms with E-state index in [0.29, 0.717) is 6.61 Å². The summed E-state index contributed by atoms with van der Waals surface area (Å²) in [6, 6.07) is 7.94. The minimum absolute atomic E-state index is 0.178. The second-order valence-electron chi connectivity index (χ2n) is 3.12. The number of carbonyl (C=O) groups excluding carboxylic acids is 1. The Bertz CT molecular complexity index is 350. The molecule has 1 N–H and O–H groups in total. The van der Waals surface area contributed by atoms with Crippen LogP contribution in [0.3, 0.4) is 0 Å². The van der Waals surface area contributed by atoms with Crippen molar-refractivity contribution in [2.45, 2.75) is 13.8 Å². The molecule has 1 aromatic rings. The maximum absolute atomic E-state index is 11.9. The number of ether oxygens (including phenoxy) is 1. The molecule has 4 heteroatoms. The fraction of sp³-hybridized carbons (Fsp3) is 0.308. The highest BCUT2D eigenvalue weighted by atomic mass is 19.1. The van der Waals surface area contributed by atoms with E-state index in [1.807, 2.05) is 0 Å². The number of allylic oxidation sites excluding steroid dienone is 1. The Morgan fingerprint density at radius 1 is 1.41 bits per heavy atom. The third-order valence-corrected chi connectivity index (χ3v) is 1.75. The summed E-state index contributed by atoms with van der Waals surface area (Å²) in [5.41, 5.74) is 0.804. The van der Waals surface area contributed by atoms with E-state index < -0.39 is 0 Å². The minimum Gasteiger partial charge on any atom is -0.463 e. The molecule has 3 nitrogen and oxygen atoms in total. The van der Waals surface area contributed by atoms with Crippen molar-refractivity contribution in [2.75, 3.05) is 13.7 Å². The van der Waals surface area contributed by atoms with Gasteiger partial charge in [0.25, 0.3) is 0 Å². The lowest BCUT2D eigenvalue weighted by atomic mass is 10.4. The SMILES string of the molecule is CCOC(=O)/C=C(\C)NC.Fc1ccccc1. The van der Waals surface area contributed by atoms with Crippen molar-refractivity contribution in [1.82, 2.24) is 5.32 Å². The lowest BCUT2D eigenvalue weighted by Crippen LogP contribution is -2.07. The van der Waals surface area contributed by atoms with E-state index in [0.717, 1.165) is 5.70 Å². The average molecular weight is 239 g/mol. The summed E-state index contributed by atoms with van der Waals surface area (Å²) in [4.78, 5) is 10.7. The molecule has 0 radical (unpaired) electrons. The van der Waals surface area contributed by atoms with Crippen molar-refractivity contribution in [3.8, 4) is 0 Å². The highest BCUT2D eigenvalue weighted by Gasteiger charge is 1.94. The number of halogens is 1. The lowest BCUT2D eigenvalue weighted by molar-refractivity contribution is -0.137. The van der Waals surface area contributed by atoms with Gasteiger partial charge in [-0.3, -0.25) is 0 Å². The van der Waals surface area contributed by atoms with E-state index in [-0.39, 0.29) is 11.8 Å². The van der Waals surface area contributed by atoms with Crippen LogP contribution < -0.4 is 5.32 Å². The molecule has 0 aliphatic heterocycles. The zero-order valence-corrected chi connectivity index (χ0v) is 10.4. The molecule has 1 rings (SSSR count). The van der Waals surface area contributed by atoms with Crippen molar-refractivity contribution in [2.24, 2.45) is 0 Å². The third-order valence-electron chi connectivity index (χ3n) is 1.75. The lowest BCUT2D eigenvalue weighted by Gasteiger charge is -1.98. The summed E-state index contributed by atoms with van der Waals surface area (Å²) >= 11 is 0. The number of nitrogens with one attached hydrogen (secondary N) is 1. The van der Waals surface area contributed by atoms with E-state index in [1.54, 1.807) is 39.1 Å². The predicted octanol–water partition coefficient (Wildman–Crippen LogP) is 2.50. The molecule has 1 aromatic carbocycles. The van der Waals surface area contributed by atoms with E-state index in [4.69, 9.17) is 0 Å². The second kappa shape index (κ2) is 9.39. The second-order valence-corrected chi connectivity index (χ2v) is 3.12. The fourth-order valence-electron chi connectivity index (χ4n) is 0.848. The Morgan fingerprint density at radius 2 is 2.00 bits per heavy atom. The molecule has 0 heterocycles. The summed E-state index contributed by atoms with van der Waals surface area (Å²) in [6.45, 7) is 4.00. The van der Waals surface area contributed by atoms with Crippen LogP contribution in [-0.2, 0) is 9.53 Å². The van der Waals surface area contributed by atoms with E-state index in [2.05, 4.69) is 10.1 Å². The smallest absolute Gasteiger partial charge is 0.332 e. The van der Waals surface area contributed by atoms with Crippen molar-refractivity contribution in [1.29, 1.82) is 0 Å². The van der Waals surface area contributed by atoms with Crippen LogP contribution in [-0.4, -0.2) is 19.6 Å². The largest absolute Gasteiger partial charge is 0.463 e. The number of rotatable bonds is 3. The van der Waals surface area contributed by atoms with E-state index in [1.165, 1.54) is 18.2 Å². The molecule has 0 bridgehead atoms. The van der Waals surface area contributed by atoms with Crippen molar-refractivity contribution in [3.05, 3.63) is 47.9 Å². The summed E-state index contributed by atoms with van der Waals surface area (Å²) in [6.07, 6.45) is 1.42. The van der Waals surface area contributed by atoms with Crippen molar-refractivity contribution >= 4 is 5.97 Å². The van der Waals surface area contributed by atoms with Crippen LogP contribution in [0.4, 0.5) is 4.39 Å². The molecule has 0 aromatic heterocycles. The number of hydrogen-bond acceptors (Lipinski definition) is 3. The summed E-state index contributed by atoms with van der Waals surface area (Å²) in [7, 11) is 1.76. The fourth-order valence-corrected chi connectivity index (χ4v) is 0.848. The molecule has 0 spiro atoms. The predicted molar refractivity (Wildman–Crippen MR) is 65.8 cm³/mol. The number of hydrogen-bond donors (Lipinski definition) is 1. The molecule has 0 aliphatic carbocycles. The van der Waals surface area contributed by atoms with Gasteiger partial charge in [-0.05, 0) is 26.0 Å². The first-order chi connectivity index (χ1) is 8.10. The van der Waals surface area contributed by atoms with Gasteiger partial charge in [0.2, 0.25) is 0 Å². The molecule has 94 valence electrons. The van der Waals surface area contributed by atoms with Crippen LogP contribution in [0.15, 0.2) is 42.1 Å². The molecule has 0 saturated heterocycles. The van der Waals surface area contributed by atoms with Crippen LogP contribution in [0.5, 0.6) is 0 Å². The van der Waals surface area contributed by atoms with Crippen LogP contribution >= 0.6 is 0 Å². The van der Waals surface area contributed by atoms with Gasteiger partial charge in [-0.15, -0.1) is 0 Å². The molecule has 0 fully saturated rings. The highest BCUT2D eigenvalue weighted by molar-refractivity contribution is 5.82. The first-order valence-electron chi connectivity index (χ1n) is 5.33. The number of carbonyl (C=O) groups is 1. The van der Waals surface area contributed by atoms with E-state index in [9.17, 15) is 9.18 Å². The topological polar surface area (TPSA) is 38.3 Å². The van der Waals surface area contributed by atoms with Crippen LogP contribution in [0.25, 0.3) is 0 Å². The first kappa shape index (κ1) is 15.2. The van der Waals surface area contributed by atoms with Crippen LogP contribution in [0, 0.1) is 5.82 Å². The molecule has 0 amide bonds. The quantitative estimate of drug-likeness (QED) is 0.650. The van der Waals surface area contributed by atoms with Crippen LogP contribution in [0.1, 0.15) is 13.8 Å². The zero-order chi connectivity index (χ0) is 13.1. The molecule has 0 unspecified atom stereocenters. The number of benzene rings is 1. The third kappa shape index (κ3) is 9.11. The summed E-state index contributed by atoms with van der Waals surface area (Å²) in [5, 5.41) is 2.81. The van der Waals surface area contributed by atoms with Crippen molar-refractivity contribution < 1.29 is 13.9 Å². The Hall–Kier alpha value is -1.84. The molecule has 0 saturated carbocycles. The Morgan fingerprint density at radius 3 is 2.35 bits per heavy atom.